The van der Waals surface area contributed by atoms with Crippen LogP contribution in [0.15, 0.2) is 59.0 Å². The topological polar surface area (TPSA) is 60.7 Å². The van der Waals surface area contributed by atoms with Crippen LogP contribution in [0.2, 0.25) is 0 Å². The number of carbonyl (C=O) groups excluding carboxylic acids is 1. The molecule has 0 bridgehead atoms. The molecular formula is C22H23NO4. The molecule has 27 heavy (non-hydrogen) atoms. The summed E-state index contributed by atoms with van der Waals surface area (Å²) in [4.78, 5) is 12.3. The summed E-state index contributed by atoms with van der Waals surface area (Å²) in [6, 6.07) is 15.0. The molecule has 2 aromatic carbocycles. The van der Waals surface area contributed by atoms with Gasteiger partial charge in [0.05, 0.1) is 19.8 Å². The Morgan fingerprint density at radius 2 is 2.00 bits per heavy atom. The second-order valence-corrected chi connectivity index (χ2v) is 6.09. The molecule has 1 amide bonds. The lowest BCUT2D eigenvalue weighted by Gasteiger charge is -2.10. The second-order valence-electron chi connectivity index (χ2n) is 6.09. The summed E-state index contributed by atoms with van der Waals surface area (Å²) in [7, 11) is 1.60. The minimum atomic E-state index is -0.232. The monoisotopic (exact) mass is 365 g/mol. The molecule has 1 atom stereocenters. The molecule has 3 rings (SSSR count). The molecule has 0 saturated heterocycles. The van der Waals surface area contributed by atoms with Crippen LogP contribution in [0.5, 0.6) is 11.5 Å². The molecule has 5 heteroatoms. The van der Waals surface area contributed by atoms with E-state index in [2.05, 4.69) is 5.32 Å². The van der Waals surface area contributed by atoms with Crippen LogP contribution in [-0.4, -0.2) is 19.6 Å². The van der Waals surface area contributed by atoms with Gasteiger partial charge in [-0.05, 0) is 49.8 Å². The van der Waals surface area contributed by atoms with Crippen LogP contribution in [0.1, 0.15) is 31.2 Å². The number of methoxy groups -OCH3 is 1. The Labute approximate surface area is 158 Å². The predicted molar refractivity (Wildman–Crippen MR) is 106 cm³/mol. The number of hydrogen-bond acceptors (Lipinski definition) is 4. The number of benzene rings is 2. The number of para-hydroxylation sites is 1. The third-order valence-corrected chi connectivity index (χ3v) is 4.14. The van der Waals surface area contributed by atoms with Crippen molar-refractivity contribution in [3.05, 3.63) is 65.9 Å². The maximum absolute atomic E-state index is 12.3. The molecule has 140 valence electrons. The number of furan rings is 1. The molecule has 0 aliphatic rings. The van der Waals surface area contributed by atoms with Gasteiger partial charge in [0, 0.05) is 11.5 Å². The Bertz CT molecular complexity index is 925. The van der Waals surface area contributed by atoms with Crippen molar-refractivity contribution in [2.45, 2.75) is 19.9 Å². The first-order valence-electron chi connectivity index (χ1n) is 8.88. The average molecular weight is 365 g/mol. The fraction of sp³-hybridized carbons (Fsp3) is 0.227. The van der Waals surface area contributed by atoms with Gasteiger partial charge >= 0.3 is 0 Å². The van der Waals surface area contributed by atoms with Crippen LogP contribution in [0.4, 0.5) is 0 Å². The Morgan fingerprint density at radius 1 is 1.19 bits per heavy atom. The third-order valence-electron chi connectivity index (χ3n) is 4.14. The summed E-state index contributed by atoms with van der Waals surface area (Å²) in [5.74, 6) is 1.84. The van der Waals surface area contributed by atoms with E-state index in [-0.39, 0.29) is 11.9 Å². The standard InChI is InChI=1S/C22H23NO4/c1-4-26-21-13-16(9-11-19(21)25-3)10-12-22(24)23-15(2)20-14-17-7-5-6-8-18(17)27-20/h5-15H,4H2,1-3H3,(H,23,24)/b12-10+/t15-/m1/s1. The number of fused-ring (bicyclic) bond motifs is 1. The molecule has 0 spiro atoms. The van der Waals surface area contributed by atoms with Crippen molar-refractivity contribution in [1.29, 1.82) is 0 Å². The van der Waals surface area contributed by atoms with E-state index in [1.54, 1.807) is 13.2 Å². The number of hydrogen-bond donors (Lipinski definition) is 1. The molecule has 3 aromatic rings. The lowest BCUT2D eigenvalue weighted by atomic mass is 10.1. The van der Waals surface area contributed by atoms with Gasteiger partial charge in [-0.2, -0.15) is 0 Å². The van der Waals surface area contributed by atoms with Crippen molar-refractivity contribution < 1.29 is 18.7 Å². The van der Waals surface area contributed by atoms with Crippen LogP contribution in [-0.2, 0) is 4.79 Å². The quantitative estimate of drug-likeness (QED) is 0.615. The van der Waals surface area contributed by atoms with E-state index in [9.17, 15) is 4.79 Å². The molecule has 0 radical (unpaired) electrons. The summed E-state index contributed by atoms with van der Waals surface area (Å²) >= 11 is 0. The minimum absolute atomic E-state index is 0.197. The second kappa shape index (κ2) is 8.45. The average Bonchev–Trinajstić information content (AvgIpc) is 3.11. The van der Waals surface area contributed by atoms with Gasteiger partial charge in [0.2, 0.25) is 5.91 Å². The molecule has 0 fully saturated rings. The van der Waals surface area contributed by atoms with Crippen molar-refractivity contribution in [2.24, 2.45) is 0 Å². The van der Waals surface area contributed by atoms with Crippen LogP contribution >= 0.6 is 0 Å². The molecule has 0 aliphatic carbocycles. The Balaban J connectivity index is 1.66. The van der Waals surface area contributed by atoms with Crippen molar-refractivity contribution >= 4 is 23.0 Å². The first kappa shape index (κ1) is 18.6. The van der Waals surface area contributed by atoms with E-state index in [1.165, 1.54) is 6.08 Å². The van der Waals surface area contributed by atoms with Gasteiger partial charge < -0.3 is 19.2 Å². The normalized spacial score (nSPS) is 12.3. The van der Waals surface area contributed by atoms with Crippen molar-refractivity contribution in [3.63, 3.8) is 0 Å². The Kier molecular flexibility index (Phi) is 5.81. The van der Waals surface area contributed by atoms with Crippen molar-refractivity contribution in [3.8, 4) is 11.5 Å². The summed E-state index contributed by atoms with van der Waals surface area (Å²) < 4.78 is 16.6. The van der Waals surface area contributed by atoms with Gasteiger partial charge in [-0.1, -0.05) is 24.3 Å². The van der Waals surface area contributed by atoms with E-state index in [0.717, 1.165) is 22.3 Å². The highest BCUT2D eigenvalue weighted by Crippen LogP contribution is 2.28. The van der Waals surface area contributed by atoms with Crippen molar-refractivity contribution in [2.75, 3.05) is 13.7 Å². The highest BCUT2D eigenvalue weighted by Gasteiger charge is 2.13. The van der Waals surface area contributed by atoms with Gasteiger partial charge in [0.15, 0.2) is 11.5 Å². The van der Waals surface area contributed by atoms with Crippen LogP contribution in [0.25, 0.3) is 17.0 Å². The molecule has 0 saturated carbocycles. The SMILES string of the molecule is CCOc1cc(/C=C/C(=O)N[C@H](C)c2cc3ccccc3o2)ccc1OC. The summed E-state index contributed by atoms with van der Waals surface area (Å²) in [5, 5.41) is 3.93. The fourth-order valence-electron chi connectivity index (χ4n) is 2.79. The maximum atomic E-state index is 12.3. The van der Waals surface area contributed by atoms with Crippen LogP contribution in [0.3, 0.4) is 0 Å². The lowest BCUT2D eigenvalue weighted by molar-refractivity contribution is -0.117. The van der Waals surface area contributed by atoms with E-state index < -0.39 is 0 Å². The van der Waals surface area contributed by atoms with Gasteiger partial charge in [-0.3, -0.25) is 4.79 Å². The van der Waals surface area contributed by atoms with Crippen molar-refractivity contribution in [1.82, 2.24) is 5.32 Å². The van der Waals surface area contributed by atoms with Gasteiger partial charge in [-0.25, -0.2) is 0 Å². The smallest absolute Gasteiger partial charge is 0.244 e. The summed E-state index contributed by atoms with van der Waals surface area (Å²) in [5.41, 5.74) is 1.66. The predicted octanol–water partition coefficient (Wildman–Crippen LogP) is 4.73. The van der Waals surface area contributed by atoms with Gasteiger partial charge in [-0.15, -0.1) is 0 Å². The molecule has 1 heterocycles. The number of carbonyl (C=O) groups is 1. The zero-order valence-electron chi connectivity index (χ0n) is 15.7. The van der Waals surface area contributed by atoms with E-state index in [4.69, 9.17) is 13.9 Å². The molecular weight excluding hydrogens is 342 g/mol. The number of rotatable bonds is 7. The molecule has 0 aliphatic heterocycles. The highest BCUT2D eigenvalue weighted by atomic mass is 16.5. The number of ether oxygens (including phenoxy) is 2. The first-order chi connectivity index (χ1) is 13.1. The number of amides is 1. The van der Waals surface area contributed by atoms with Gasteiger partial charge in [0.1, 0.15) is 11.3 Å². The largest absolute Gasteiger partial charge is 0.493 e. The molecule has 5 nitrogen and oxygen atoms in total. The number of nitrogens with one attached hydrogen (secondary N) is 1. The van der Waals surface area contributed by atoms with Gasteiger partial charge in [0.25, 0.3) is 0 Å². The van der Waals surface area contributed by atoms with Crippen LogP contribution < -0.4 is 14.8 Å². The lowest BCUT2D eigenvalue weighted by Crippen LogP contribution is -2.24. The van der Waals surface area contributed by atoms with E-state index in [1.807, 2.05) is 62.4 Å². The molecule has 0 unspecified atom stereocenters. The Morgan fingerprint density at radius 3 is 2.74 bits per heavy atom. The Hall–Kier alpha value is -3.21. The summed E-state index contributed by atoms with van der Waals surface area (Å²) in [6.45, 7) is 4.35. The zero-order valence-corrected chi connectivity index (χ0v) is 15.7. The third kappa shape index (κ3) is 4.50. The van der Waals surface area contributed by atoms with E-state index >= 15 is 0 Å². The maximum Gasteiger partial charge on any atom is 0.244 e. The van der Waals surface area contributed by atoms with Crippen LogP contribution in [0, 0.1) is 0 Å². The molecule has 1 N–H and O–H groups in total. The zero-order chi connectivity index (χ0) is 19.2. The summed E-state index contributed by atoms with van der Waals surface area (Å²) in [6.07, 6.45) is 3.24. The molecule has 1 aromatic heterocycles. The van der Waals surface area contributed by atoms with E-state index in [0.29, 0.717) is 18.1 Å². The fourth-order valence-corrected chi connectivity index (χ4v) is 2.79. The first-order valence-corrected chi connectivity index (χ1v) is 8.88. The minimum Gasteiger partial charge on any atom is -0.493 e. The highest BCUT2D eigenvalue weighted by molar-refractivity contribution is 5.92.